The van der Waals surface area contributed by atoms with E-state index in [9.17, 15) is 9.59 Å². The summed E-state index contributed by atoms with van der Waals surface area (Å²) >= 11 is 6.07. The van der Waals surface area contributed by atoms with Crippen LogP contribution < -0.4 is 5.73 Å². The Hall–Kier alpha value is -3.25. The summed E-state index contributed by atoms with van der Waals surface area (Å²) in [4.78, 5) is 33.2. The molecule has 0 fully saturated rings. The maximum absolute atomic E-state index is 12.3. The number of Topliss-reactive ketones (excluding diaryl/α,β-unsaturated/α-hetero) is 1. The lowest BCUT2D eigenvalue weighted by Gasteiger charge is -2.28. The van der Waals surface area contributed by atoms with Gasteiger partial charge >= 0.3 is 0 Å². The highest BCUT2D eigenvalue weighted by Crippen LogP contribution is 2.36. The van der Waals surface area contributed by atoms with Gasteiger partial charge in [-0.25, -0.2) is 9.97 Å². The highest BCUT2D eigenvalue weighted by molar-refractivity contribution is 6.30. The first-order valence-electron chi connectivity index (χ1n) is 13.2. The van der Waals surface area contributed by atoms with Gasteiger partial charge in [-0.2, -0.15) is 0 Å². The number of carbonyl (C=O) groups excluding carboxylic acids is 2. The Morgan fingerprint density at radius 3 is 2.10 bits per heavy atom. The van der Waals surface area contributed by atoms with Crippen molar-refractivity contribution in [2.24, 2.45) is 5.41 Å². The van der Waals surface area contributed by atoms with E-state index in [2.05, 4.69) is 23.1 Å². The van der Waals surface area contributed by atoms with Crippen LogP contribution in [0.3, 0.4) is 0 Å². The van der Waals surface area contributed by atoms with Crippen molar-refractivity contribution in [1.82, 2.24) is 9.97 Å². The molecule has 214 valence electrons. The molecule has 1 aromatic heterocycles. The standard InChI is InChI=1S/C28H34ClN3O3.2C2H6/c1-16(13-27(7,8)20(5)34)14-35-21(6)28(9,15-33)24-19(4)31-26(32-25(24)30)18(3)23-11-10-22(29)12-17(23)2;2*1-2/h10-12,14-15H,3,6,13H2,1-2,4-5,7-9H3,(H2,30,31,32);2*1-2H3/b16-14+;;. The fourth-order valence-electron chi connectivity index (χ4n) is 3.88. The molecule has 0 aliphatic heterocycles. The summed E-state index contributed by atoms with van der Waals surface area (Å²) in [6.07, 6.45) is 2.75. The Morgan fingerprint density at radius 2 is 1.64 bits per heavy atom. The maximum Gasteiger partial charge on any atom is 0.161 e. The number of hydrogen-bond acceptors (Lipinski definition) is 6. The van der Waals surface area contributed by atoms with Crippen LogP contribution in [-0.4, -0.2) is 22.0 Å². The van der Waals surface area contributed by atoms with Crippen molar-refractivity contribution in [2.75, 3.05) is 5.73 Å². The number of aromatic nitrogens is 2. The van der Waals surface area contributed by atoms with E-state index < -0.39 is 10.8 Å². The summed E-state index contributed by atoms with van der Waals surface area (Å²) in [6, 6.07) is 5.47. The molecule has 2 aromatic rings. The first-order chi connectivity index (χ1) is 18.1. The Morgan fingerprint density at radius 1 is 1.08 bits per heavy atom. The van der Waals surface area contributed by atoms with Crippen LogP contribution in [0, 0.1) is 19.3 Å². The Kier molecular flexibility index (Phi) is 14.1. The molecule has 6 nitrogen and oxygen atoms in total. The number of carbonyl (C=O) groups is 2. The first-order valence-corrected chi connectivity index (χ1v) is 13.6. The van der Waals surface area contributed by atoms with E-state index in [0.29, 0.717) is 34.1 Å². The van der Waals surface area contributed by atoms with Gasteiger partial charge in [0.15, 0.2) is 5.82 Å². The monoisotopic (exact) mass is 555 g/mol. The fourth-order valence-corrected chi connectivity index (χ4v) is 4.11. The lowest BCUT2D eigenvalue weighted by molar-refractivity contribution is -0.124. The van der Waals surface area contributed by atoms with Gasteiger partial charge in [0, 0.05) is 27.3 Å². The number of anilines is 1. The minimum absolute atomic E-state index is 0.0813. The molecule has 0 aliphatic carbocycles. The molecule has 0 spiro atoms. The number of ketones is 1. The van der Waals surface area contributed by atoms with Crippen LogP contribution in [-0.2, 0) is 19.7 Å². The van der Waals surface area contributed by atoms with Gasteiger partial charge in [0.2, 0.25) is 0 Å². The average Bonchev–Trinajstić information content (AvgIpc) is 2.88. The van der Waals surface area contributed by atoms with E-state index in [-0.39, 0.29) is 17.4 Å². The second-order valence-corrected chi connectivity index (χ2v) is 10.2. The Balaban J connectivity index is 0.00000344. The second-order valence-electron chi connectivity index (χ2n) is 9.77. The van der Waals surface area contributed by atoms with Crippen LogP contribution in [0.1, 0.15) is 96.9 Å². The molecule has 1 atom stereocenters. The molecule has 1 aromatic carbocycles. The number of nitrogens with two attached hydrogens (primary N) is 1. The second kappa shape index (κ2) is 15.4. The lowest BCUT2D eigenvalue weighted by Crippen LogP contribution is -2.30. The number of halogens is 1. The number of allylic oxidation sites excluding steroid dienone is 2. The summed E-state index contributed by atoms with van der Waals surface area (Å²) in [5.74, 6) is 0.748. The number of nitrogen functional groups attached to an aromatic ring is 1. The molecule has 0 saturated carbocycles. The smallest absolute Gasteiger partial charge is 0.161 e. The van der Waals surface area contributed by atoms with Gasteiger partial charge in [0.25, 0.3) is 0 Å². The van der Waals surface area contributed by atoms with Crippen LogP contribution in [0.5, 0.6) is 0 Å². The topological polar surface area (TPSA) is 95.2 Å². The van der Waals surface area contributed by atoms with Crippen LogP contribution in [0.25, 0.3) is 5.57 Å². The Bertz CT molecular complexity index is 1210. The van der Waals surface area contributed by atoms with E-state index in [0.717, 1.165) is 23.0 Å². The van der Waals surface area contributed by atoms with Crippen LogP contribution in [0.4, 0.5) is 5.82 Å². The zero-order valence-corrected chi connectivity index (χ0v) is 26.3. The highest BCUT2D eigenvalue weighted by Gasteiger charge is 2.37. The number of ether oxygens (including phenoxy) is 1. The van der Waals surface area contributed by atoms with Crippen LogP contribution >= 0.6 is 11.6 Å². The predicted molar refractivity (Wildman–Crippen MR) is 165 cm³/mol. The van der Waals surface area contributed by atoms with Crippen molar-refractivity contribution in [3.05, 3.63) is 82.2 Å². The summed E-state index contributed by atoms with van der Waals surface area (Å²) < 4.78 is 5.78. The third-order valence-electron chi connectivity index (χ3n) is 6.31. The van der Waals surface area contributed by atoms with Gasteiger partial charge < -0.3 is 15.3 Å². The minimum Gasteiger partial charge on any atom is -0.469 e. The molecular weight excluding hydrogens is 510 g/mol. The SMILES string of the molecule is C=C(c1nc(C)c(C(C)(C=O)C(=C)O/C=C(\C)CC(C)(C)C(C)=O)c(N)n1)c1ccc(Cl)cc1C.CC.CC. The third-order valence-corrected chi connectivity index (χ3v) is 6.55. The number of benzene rings is 1. The molecule has 1 unspecified atom stereocenters. The number of hydrogen-bond donors (Lipinski definition) is 1. The molecule has 0 saturated heterocycles. The summed E-state index contributed by atoms with van der Waals surface area (Å²) in [7, 11) is 0. The third kappa shape index (κ3) is 8.89. The molecule has 0 amide bonds. The quantitative estimate of drug-likeness (QED) is 0.234. The van der Waals surface area contributed by atoms with Crippen molar-refractivity contribution >= 4 is 35.1 Å². The summed E-state index contributed by atoms with van der Waals surface area (Å²) in [5, 5.41) is 0.625. The molecule has 7 heteroatoms. The van der Waals surface area contributed by atoms with Gasteiger partial charge in [-0.05, 0) is 69.9 Å². The zero-order chi connectivity index (χ0) is 30.7. The van der Waals surface area contributed by atoms with E-state index in [1.165, 1.54) is 6.26 Å². The molecule has 0 radical (unpaired) electrons. The summed E-state index contributed by atoms with van der Waals surface area (Å²) in [5.41, 5.74) is 8.67. The van der Waals surface area contributed by atoms with Crippen molar-refractivity contribution in [3.63, 3.8) is 0 Å². The first kappa shape index (κ1) is 35.8. The number of aldehydes is 1. The van der Waals surface area contributed by atoms with Crippen LogP contribution in [0.2, 0.25) is 5.02 Å². The molecule has 2 N–H and O–H groups in total. The van der Waals surface area contributed by atoms with E-state index in [1.807, 2.05) is 67.5 Å². The van der Waals surface area contributed by atoms with Gasteiger partial charge in [-0.1, -0.05) is 72.4 Å². The molecule has 2 rings (SSSR count). The van der Waals surface area contributed by atoms with Crippen LogP contribution in [0.15, 0.2) is 49.0 Å². The van der Waals surface area contributed by atoms with Gasteiger partial charge in [0.1, 0.15) is 29.1 Å². The van der Waals surface area contributed by atoms with Gasteiger partial charge in [-0.3, -0.25) is 4.79 Å². The molecule has 39 heavy (non-hydrogen) atoms. The van der Waals surface area contributed by atoms with Crippen molar-refractivity contribution in [3.8, 4) is 0 Å². The average molecular weight is 556 g/mol. The molecule has 1 heterocycles. The van der Waals surface area contributed by atoms with Gasteiger partial charge in [0.05, 0.1) is 6.26 Å². The van der Waals surface area contributed by atoms with E-state index in [1.54, 1.807) is 26.8 Å². The minimum atomic E-state index is -1.29. The number of nitrogens with zero attached hydrogens (tertiary/aromatic N) is 2. The lowest BCUT2D eigenvalue weighted by atomic mass is 9.81. The maximum atomic E-state index is 12.3. The predicted octanol–water partition coefficient (Wildman–Crippen LogP) is 8.34. The normalized spacial score (nSPS) is 12.6. The van der Waals surface area contributed by atoms with E-state index >= 15 is 0 Å². The highest BCUT2D eigenvalue weighted by atomic mass is 35.5. The molecule has 0 bridgehead atoms. The molecule has 0 aliphatic rings. The van der Waals surface area contributed by atoms with Crippen molar-refractivity contribution < 1.29 is 14.3 Å². The number of aryl methyl sites for hydroxylation is 2. The fraction of sp³-hybridized carbons (Fsp3) is 0.438. The largest absolute Gasteiger partial charge is 0.469 e. The zero-order valence-electron chi connectivity index (χ0n) is 25.6. The van der Waals surface area contributed by atoms with Crippen molar-refractivity contribution in [1.29, 1.82) is 0 Å². The summed E-state index contributed by atoms with van der Waals surface area (Å²) in [6.45, 7) is 28.6. The van der Waals surface area contributed by atoms with Gasteiger partial charge in [-0.15, -0.1) is 0 Å². The van der Waals surface area contributed by atoms with Crippen molar-refractivity contribution in [2.45, 2.75) is 88.0 Å². The molecular formula is C32H46ClN3O3. The van der Waals surface area contributed by atoms with E-state index in [4.69, 9.17) is 22.1 Å². The Labute approximate surface area is 240 Å². The number of rotatable bonds is 10.